The molecule has 1 aliphatic carbocycles. The molecule has 5 rings (SSSR count). The molecule has 2 heterocycles. The Morgan fingerprint density at radius 3 is 2.50 bits per heavy atom. The zero-order chi connectivity index (χ0) is 22.4. The lowest BCUT2D eigenvalue weighted by Gasteiger charge is -2.20. The molecule has 3 atom stereocenters. The molecular formula is C22H20Cl2N4O4. The molecule has 1 saturated heterocycles. The van der Waals surface area contributed by atoms with Crippen molar-refractivity contribution < 1.29 is 14.0 Å². The maximum Gasteiger partial charge on any atom is 0.417 e. The Balaban J connectivity index is 1.08. The van der Waals surface area contributed by atoms with Crippen LogP contribution in [0.25, 0.3) is 11.1 Å². The number of likely N-dealkylation sites (tertiary alicyclic amines) is 1. The minimum atomic E-state index is -0.548. The van der Waals surface area contributed by atoms with E-state index in [1.54, 1.807) is 36.4 Å². The number of piperidine rings is 1. The Hall–Kier alpha value is -2.97. The number of amides is 3. The Bertz CT molecular complexity index is 1240. The molecule has 1 unspecified atom stereocenters. The van der Waals surface area contributed by atoms with Gasteiger partial charge in [-0.3, -0.25) is 9.78 Å². The van der Waals surface area contributed by atoms with Crippen LogP contribution in [0.5, 0.6) is 0 Å². The van der Waals surface area contributed by atoms with Crippen molar-refractivity contribution in [2.45, 2.75) is 6.54 Å². The van der Waals surface area contributed by atoms with Crippen molar-refractivity contribution >= 4 is 46.2 Å². The average Bonchev–Trinajstić information content (AvgIpc) is 3.06. The van der Waals surface area contributed by atoms with Crippen molar-refractivity contribution in [3.63, 3.8) is 0 Å². The lowest BCUT2D eigenvalue weighted by atomic mass is 10.2. The van der Waals surface area contributed by atoms with Crippen LogP contribution in [0.4, 0.5) is 4.79 Å². The number of halogens is 2. The van der Waals surface area contributed by atoms with Crippen LogP contribution in [0.2, 0.25) is 10.0 Å². The molecule has 1 aliphatic heterocycles. The molecule has 2 aromatic carbocycles. The summed E-state index contributed by atoms with van der Waals surface area (Å²) in [6, 6.07) is 9.93. The van der Waals surface area contributed by atoms with Gasteiger partial charge in [0.15, 0.2) is 5.58 Å². The van der Waals surface area contributed by atoms with Crippen LogP contribution in [-0.2, 0) is 6.54 Å². The third-order valence-electron chi connectivity index (χ3n) is 6.21. The second-order valence-corrected chi connectivity index (χ2v) is 9.14. The van der Waals surface area contributed by atoms with Gasteiger partial charge in [-0.05, 0) is 59.7 Å². The van der Waals surface area contributed by atoms with Gasteiger partial charge >= 0.3 is 11.8 Å². The summed E-state index contributed by atoms with van der Waals surface area (Å²) in [7, 11) is 0. The molecule has 0 bridgehead atoms. The van der Waals surface area contributed by atoms with Gasteiger partial charge in [0.25, 0.3) is 5.91 Å². The number of hydrogen-bond acceptors (Lipinski definition) is 4. The summed E-state index contributed by atoms with van der Waals surface area (Å²) in [5, 5.41) is 6.92. The normalized spacial score (nSPS) is 21.4. The minimum Gasteiger partial charge on any atom is -0.408 e. The molecular weight excluding hydrogens is 455 g/mol. The Kier molecular flexibility index (Phi) is 5.35. The maximum absolute atomic E-state index is 12.5. The van der Waals surface area contributed by atoms with Crippen molar-refractivity contribution in [3.05, 3.63) is 68.1 Å². The second-order valence-electron chi connectivity index (χ2n) is 8.27. The number of carbonyl (C=O) groups excluding carboxylic acids is 2. The number of fused-ring (bicyclic) bond motifs is 2. The summed E-state index contributed by atoms with van der Waals surface area (Å²) in [6.45, 7) is 2.26. The van der Waals surface area contributed by atoms with Crippen LogP contribution in [0.3, 0.4) is 0 Å². The van der Waals surface area contributed by atoms with Crippen molar-refractivity contribution in [3.8, 4) is 0 Å². The first-order chi connectivity index (χ1) is 15.4. The SMILES string of the molecule is O=C(NCC1[C@H]2CN(C(=O)NCc3cc(Cl)cc(Cl)c3)C[C@@H]12)c1ccc2[nH]c(=O)oc2c1. The topological polar surface area (TPSA) is 107 Å². The fourth-order valence-electron chi connectivity index (χ4n) is 4.52. The summed E-state index contributed by atoms with van der Waals surface area (Å²) < 4.78 is 5.00. The number of nitrogens with zero attached hydrogens (tertiary/aromatic N) is 1. The Labute approximate surface area is 192 Å². The molecule has 3 aromatic rings. The van der Waals surface area contributed by atoms with Gasteiger partial charge in [0, 0.05) is 41.8 Å². The average molecular weight is 475 g/mol. The van der Waals surface area contributed by atoms with Crippen molar-refractivity contribution in [1.82, 2.24) is 20.5 Å². The maximum atomic E-state index is 12.5. The second kappa shape index (κ2) is 8.18. The van der Waals surface area contributed by atoms with E-state index in [9.17, 15) is 14.4 Å². The van der Waals surface area contributed by atoms with Crippen molar-refractivity contribution in [1.29, 1.82) is 0 Å². The molecule has 2 fully saturated rings. The molecule has 0 spiro atoms. The highest BCUT2D eigenvalue weighted by Gasteiger charge is 2.56. The van der Waals surface area contributed by atoms with E-state index in [2.05, 4.69) is 15.6 Å². The van der Waals surface area contributed by atoms with Gasteiger partial charge in [0.2, 0.25) is 0 Å². The fourth-order valence-corrected chi connectivity index (χ4v) is 5.09. The van der Waals surface area contributed by atoms with Gasteiger partial charge in [-0.15, -0.1) is 0 Å². The van der Waals surface area contributed by atoms with Crippen LogP contribution >= 0.6 is 23.2 Å². The summed E-state index contributed by atoms with van der Waals surface area (Å²) in [4.78, 5) is 40.5. The molecule has 3 N–H and O–H groups in total. The zero-order valence-electron chi connectivity index (χ0n) is 16.9. The fraction of sp³-hybridized carbons (Fsp3) is 0.318. The van der Waals surface area contributed by atoms with Crippen molar-refractivity contribution in [2.24, 2.45) is 17.8 Å². The first-order valence-corrected chi connectivity index (χ1v) is 11.0. The smallest absolute Gasteiger partial charge is 0.408 e. The van der Waals surface area contributed by atoms with E-state index >= 15 is 0 Å². The van der Waals surface area contributed by atoms with Crippen LogP contribution < -0.4 is 16.4 Å². The van der Waals surface area contributed by atoms with Crippen LogP contribution in [0, 0.1) is 17.8 Å². The summed E-state index contributed by atoms with van der Waals surface area (Å²) in [6.07, 6.45) is 0. The molecule has 166 valence electrons. The first kappa shape index (κ1) is 20.9. The van der Waals surface area contributed by atoms with Crippen LogP contribution in [0.1, 0.15) is 15.9 Å². The molecule has 3 amide bonds. The third-order valence-corrected chi connectivity index (χ3v) is 6.64. The van der Waals surface area contributed by atoms with Crippen molar-refractivity contribution in [2.75, 3.05) is 19.6 Å². The highest BCUT2D eigenvalue weighted by molar-refractivity contribution is 6.34. The number of hydrogen-bond donors (Lipinski definition) is 3. The highest BCUT2D eigenvalue weighted by Crippen LogP contribution is 2.51. The predicted octanol–water partition coefficient (Wildman–Crippen LogP) is 3.25. The van der Waals surface area contributed by atoms with Gasteiger partial charge in [-0.2, -0.15) is 0 Å². The molecule has 1 saturated carbocycles. The number of aromatic amines is 1. The van der Waals surface area contributed by atoms with Gasteiger partial charge in [0.1, 0.15) is 0 Å². The predicted molar refractivity (Wildman–Crippen MR) is 120 cm³/mol. The van der Waals surface area contributed by atoms with Crippen LogP contribution in [0.15, 0.2) is 45.6 Å². The quantitative estimate of drug-likeness (QED) is 0.527. The van der Waals surface area contributed by atoms with Gasteiger partial charge in [0.05, 0.1) is 5.52 Å². The van der Waals surface area contributed by atoms with Gasteiger partial charge in [-0.1, -0.05) is 23.2 Å². The van der Waals surface area contributed by atoms with E-state index in [0.717, 1.165) is 5.56 Å². The summed E-state index contributed by atoms with van der Waals surface area (Å²) in [5.41, 5.74) is 2.19. The number of nitrogens with one attached hydrogen (secondary N) is 3. The minimum absolute atomic E-state index is 0.114. The number of carbonyl (C=O) groups is 2. The lowest BCUT2D eigenvalue weighted by molar-refractivity contribution is 0.0949. The van der Waals surface area contributed by atoms with E-state index in [1.807, 2.05) is 4.90 Å². The van der Waals surface area contributed by atoms with E-state index in [4.69, 9.17) is 27.6 Å². The number of aromatic nitrogens is 1. The number of benzene rings is 2. The molecule has 10 heteroatoms. The standard InChI is InChI=1S/C22H20Cl2N4O4/c23-13-3-11(4-14(24)6-13)7-26-21(30)28-9-16-15(17(16)10-28)8-25-20(29)12-1-2-18-19(5-12)32-22(31)27-18/h1-6,15-17H,7-10H2,(H,25,29)(H,26,30)(H,27,31)/t15?,16-,17+. The summed E-state index contributed by atoms with van der Waals surface area (Å²) in [5.74, 6) is 0.395. The molecule has 0 radical (unpaired) electrons. The van der Waals surface area contributed by atoms with E-state index < -0.39 is 5.76 Å². The Morgan fingerprint density at radius 2 is 1.78 bits per heavy atom. The monoisotopic (exact) mass is 474 g/mol. The summed E-state index contributed by atoms with van der Waals surface area (Å²) >= 11 is 12.0. The van der Waals surface area contributed by atoms with E-state index in [1.165, 1.54) is 0 Å². The largest absolute Gasteiger partial charge is 0.417 e. The Morgan fingerprint density at radius 1 is 1.06 bits per heavy atom. The first-order valence-electron chi connectivity index (χ1n) is 10.3. The zero-order valence-corrected chi connectivity index (χ0v) is 18.4. The molecule has 1 aromatic heterocycles. The van der Waals surface area contributed by atoms with Gasteiger partial charge < -0.3 is 20.0 Å². The lowest BCUT2D eigenvalue weighted by Crippen LogP contribution is -2.40. The van der Waals surface area contributed by atoms with Gasteiger partial charge in [-0.25, -0.2) is 9.59 Å². The third kappa shape index (κ3) is 4.20. The molecule has 8 nitrogen and oxygen atoms in total. The van der Waals surface area contributed by atoms with E-state index in [0.29, 0.717) is 70.6 Å². The highest BCUT2D eigenvalue weighted by atomic mass is 35.5. The number of rotatable bonds is 5. The molecule has 32 heavy (non-hydrogen) atoms. The van der Waals surface area contributed by atoms with E-state index in [-0.39, 0.29) is 11.9 Å². The number of H-pyrrole nitrogens is 1. The number of urea groups is 1. The number of oxazole rings is 1. The molecule has 2 aliphatic rings. The van der Waals surface area contributed by atoms with Crippen LogP contribution in [-0.4, -0.2) is 41.5 Å².